The van der Waals surface area contributed by atoms with Gasteiger partial charge in [0, 0.05) is 6.92 Å². The van der Waals surface area contributed by atoms with Gasteiger partial charge in [0.05, 0.1) is 6.54 Å². The van der Waals surface area contributed by atoms with Gasteiger partial charge >= 0.3 is 5.92 Å². The summed E-state index contributed by atoms with van der Waals surface area (Å²) in [5.74, 6) is -4.13. The predicted octanol–water partition coefficient (Wildman–Crippen LogP) is 1.70. The fourth-order valence-corrected chi connectivity index (χ4v) is 1.46. The lowest BCUT2D eigenvalue weighted by atomic mass is 10.1. The van der Waals surface area contributed by atoms with Gasteiger partial charge in [-0.2, -0.15) is 8.78 Å². The Kier molecular flexibility index (Phi) is 3.36. The van der Waals surface area contributed by atoms with Crippen molar-refractivity contribution >= 4 is 5.78 Å². The Morgan fingerprint density at radius 2 is 1.85 bits per heavy atom. The van der Waals surface area contributed by atoms with Gasteiger partial charge in [-0.25, -0.2) is 0 Å². The number of hydrogen-bond donors (Lipinski definition) is 0. The van der Waals surface area contributed by atoms with Gasteiger partial charge in [0.1, 0.15) is 0 Å². The monoisotopic (exact) mass is 191 g/mol. The van der Waals surface area contributed by atoms with Crippen LogP contribution in [0.2, 0.25) is 0 Å². The Labute approximate surface area is 76.9 Å². The zero-order chi connectivity index (χ0) is 9.90. The summed E-state index contributed by atoms with van der Waals surface area (Å²) in [6.07, 6.45) is 3.18. The molecule has 0 amide bonds. The molecule has 2 nitrogen and oxygen atoms in total. The molecule has 1 saturated heterocycles. The first-order valence-corrected chi connectivity index (χ1v) is 4.63. The second-order valence-electron chi connectivity index (χ2n) is 3.65. The highest BCUT2D eigenvalue weighted by atomic mass is 19.3. The van der Waals surface area contributed by atoms with Crippen molar-refractivity contribution in [1.29, 1.82) is 0 Å². The number of nitrogens with zero attached hydrogens (tertiary/aromatic N) is 1. The van der Waals surface area contributed by atoms with Crippen molar-refractivity contribution in [2.45, 2.75) is 32.1 Å². The number of alkyl halides is 2. The molecule has 0 aromatic rings. The zero-order valence-electron chi connectivity index (χ0n) is 7.85. The van der Waals surface area contributed by atoms with Crippen molar-refractivity contribution in [3.05, 3.63) is 0 Å². The van der Waals surface area contributed by atoms with Crippen LogP contribution < -0.4 is 0 Å². The first kappa shape index (κ1) is 10.6. The van der Waals surface area contributed by atoms with E-state index in [-0.39, 0.29) is 6.54 Å². The SMILES string of the molecule is CC(F)(F)C(=O)CN1CCCCC1. The maximum atomic E-state index is 12.5. The quantitative estimate of drug-likeness (QED) is 0.676. The van der Waals surface area contributed by atoms with Gasteiger partial charge in [0.2, 0.25) is 5.78 Å². The van der Waals surface area contributed by atoms with Crippen LogP contribution in [0.1, 0.15) is 26.2 Å². The summed E-state index contributed by atoms with van der Waals surface area (Å²) in [6.45, 7) is 2.13. The molecule has 0 aromatic heterocycles. The number of hydrogen-bond acceptors (Lipinski definition) is 2. The van der Waals surface area contributed by atoms with E-state index in [1.165, 1.54) is 0 Å². The molecule has 13 heavy (non-hydrogen) atoms. The van der Waals surface area contributed by atoms with Crippen LogP contribution in [0.25, 0.3) is 0 Å². The Morgan fingerprint density at radius 3 is 2.31 bits per heavy atom. The lowest BCUT2D eigenvalue weighted by Gasteiger charge is -2.26. The van der Waals surface area contributed by atoms with Crippen LogP contribution in [0.4, 0.5) is 8.78 Å². The molecular formula is C9H15F2NO. The van der Waals surface area contributed by atoms with Gasteiger partial charge in [0.25, 0.3) is 0 Å². The van der Waals surface area contributed by atoms with Crippen LogP contribution in [0, 0.1) is 0 Å². The van der Waals surface area contributed by atoms with E-state index in [9.17, 15) is 13.6 Å². The largest absolute Gasteiger partial charge is 0.303 e. The lowest BCUT2D eigenvalue weighted by Crippen LogP contribution is -2.40. The number of ketones is 1. The molecule has 1 aliphatic heterocycles. The first-order valence-electron chi connectivity index (χ1n) is 4.63. The minimum absolute atomic E-state index is 0.0938. The third kappa shape index (κ3) is 3.38. The van der Waals surface area contributed by atoms with Crippen LogP contribution in [-0.4, -0.2) is 36.2 Å². The van der Waals surface area contributed by atoms with Crippen molar-refractivity contribution < 1.29 is 13.6 Å². The summed E-state index contributed by atoms with van der Waals surface area (Å²) in [4.78, 5) is 12.7. The van der Waals surface area contributed by atoms with E-state index in [0.29, 0.717) is 6.92 Å². The van der Waals surface area contributed by atoms with E-state index in [1.54, 1.807) is 0 Å². The highest BCUT2D eigenvalue weighted by Crippen LogP contribution is 2.15. The summed E-state index contributed by atoms with van der Waals surface area (Å²) in [6, 6.07) is 0. The summed E-state index contributed by atoms with van der Waals surface area (Å²) >= 11 is 0. The van der Waals surface area contributed by atoms with Crippen LogP contribution in [0.15, 0.2) is 0 Å². The average molecular weight is 191 g/mol. The Bertz CT molecular complexity index is 183. The van der Waals surface area contributed by atoms with Gasteiger partial charge < -0.3 is 0 Å². The summed E-state index contributed by atoms with van der Waals surface area (Å²) in [7, 11) is 0. The number of carbonyl (C=O) groups excluding carboxylic acids is 1. The Morgan fingerprint density at radius 1 is 1.31 bits per heavy atom. The molecule has 0 radical (unpaired) electrons. The molecule has 0 aliphatic carbocycles. The van der Waals surface area contributed by atoms with Crippen molar-refractivity contribution in [2.75, 3.05) is 19.6 Å². The number of halogens is 2. The number of likely N-dealkylation sites (tertiary alicyclic amines) is 1. The lowest BCUT2D eigenvalue weighted by molar-refractivity contribution is -0.142. The van der Waals surface area contributed by atoms with E-state index in [0.717, 1.165) is 32.4 Å². The molecular weight excluding hydrogens is 176 g/mol. The average Bonchev–Trinajstić information content (AvgIpc) is 2.04. The molecule has 1 rings (SSSR count). The second kappa shape index (κ2) is 4.13. The fourth-order valence-electron chi connectivity index (χ4n) is 1.46. The Hall–Kier alpha value is -0.510. The first-order chi connectivity index (χ1) is 6.00. The number of rotatable bonds is 3. The predicted molar refractivity (Wildman–Crippen MR) is 45.9 cm³/mol. The maximum absolute atomic E-state index is 12.5. The van der Waals surface area contributed by atoms with Crippen LogP contribution in [0.3, 0.4) is 0 Å². The van der Waals surface area contributed by atoms with E-state index in [2.05, 4.69) is 0 Å². The van der Waals surface area contributed by atoms with E-state index in [4.69, 9.17) is 0 Å². The molecule has 1 heterocycles. The molecule has 76 valence electrons. The maximum Gasteiger partial charge on any atom is 0.303 e. The molecule has 0 unspecified atom stereocenters. The molecule has 0 spiro atoms. The molecule has 4 heteroatoms. The molecule has 1 aliphatic rings. The molecule has 0 saturated carbocycles. The third-order valence-electron chi connectivity index (χ3n) is 2.31. The molecule has 0 aromatic carbocycles. The third-order valence-corrected chi connectivity index (χ3v) is 2.31. The van der Waals surface area contributed by atoms with Gasteiger partial charge in [-0.3, -0.25) is 9.69 Å². The standard InChI is InChI=1S/C9H15F2NO/c1-9(10,11)8(13)7-12-5-3-2-4-6-12/h2-7H2,1H3. The molecule has 1 fully saturated rings. The minimum Gasteiger partial charge on any atom is -0.296 e. The van der Waals surface area contributed by atoms with Crippen LogP contribution >= 0.6 is 0 Å². The normalized spacial score (nSPS) is 20.2. The van der Waals surface area contributed by atoms with Gasteiger partial charge in [0.15, 0.2) is 0 Å². The fraction of sp³-hybridized carbons (Fsp3) is 0.889. The topological polar surface area (TPSA) is 20.3 Å². The van der Waals surface area contributed by atoms with Crippen molar-refractivity contribution in [3.63, 3.8) is 0 Å². The van der Waals surface area contributed by atoms with Crippen LogP contribution in [-0.2, 0) is 4.79 Å². The van der Waals surface area contributed by atoms with Gasteiger partial charge in [-0.1, -0.05) is 6.42 Å². The van der Waals surface area contributed by atoms with Crippen molar-refractivity contribution in [1.82, 2.24) is 4.90 Å². The number of carbonyl (C=O) groups is 1. The van der Waals surface area contributed by atoms with Gasteiger partial charge in [-0.15, -0.1) is 0 Å². The Balaban J connectivity index is 2.35. The van der Waals surface area contributed by atoms with Crippen LogP contribution in [0.5, 0.6) is 0 Å². The molecule has 0 atom stereocenters. The molecule has 0 bridgehead atoms. The van der Waals surface area contributed by atoms with E-state index >= 15 is 0 Å². The minimum atomic E-state index is -3.17. The zero-order valence-corrected chi connectivity index (χ0v) is 7.85. The second-order valence-corrected chi connectivity index (χ2v) is 3.65. The van der Waals surface area contributed by atoms with Crippen molar-refractivity contribution in [3.8, 4) is 0 Å². The smallest absolute Gasteiger partial charge is 0.296 e. The highest BCUT2D eigenvalue weighted by Gasteiger charge is 2.33. The van der Waals surface area contributed by atoms with Crippen molar-refractivity contribution in [2.24, 2.45) is 0 Å². The summed E-state index contributed by atoms with van der Waals surface area (Å²) < 4.78 is 25.0. The number of piperidine rings is 1. The van der Waals surface area contributed by atoms with E-state index in [1.807, 2.05) is 4.90 Å². The summed E-state index contributed by atoms with van der Waals surface area (Å²) in [5, 5.41) is 0. The summed E-state index contributed by atoms with van der Waals surface area (Å²) in [5.41, 5.74) is 0. The van der Waals surface area contributed by atoms with E-state index < -0.39 is 11.7 Å². The molecule has 0 N–H and O–H groups in total. The number of Topliss-reactive ketones (excluding diaryl/α,β-unsaturated/α-hetero) is 1. The highest BCUT2D eigenvalue weighted by molar-refractivity contribution is 5.86. The van der Waals surface area contributed by atoms with Gasteiger partial charge in [-0.05, 0) is 25.9 Å².